The SMILES string of the molecule is C=CC[C@@H](O)[C@@H]1[C@@H]2OC(C)(C)O[C@@H]2[C@@H](CNC(=O)OCc2ccccc2)N1C(=O)OCc1ccccc1. The summed E-state index contributed by atoms with van der Waals surface area (Å²) >= 11 is 0. The van der Waals surface area contributed by atoms with Crippen LogP contribution in [0.1, 0.15) is 31.4 Å². The monoisotopic (exact) mass is 510 g/mol. The van der Waals surface area contributed by atoms with Gasteiger partial charge in [0.1, 0.15) is 25.4 Å². The van der Waals surface area contributed by atoms with Crippen LogP contribution in [0.5, 0.6) is 0 Å². The number of benzene rings is 2. The first-order valence-corrected chi connectivity index (χ1v) is 12.4. The highest BCUT2D eigenvalue weighted by Crippen LogP contribution is 2.42. The van der Waals surface area contributed by atoms with Crippen molar-refractivity contribution < 1.29 is 33.6 Å². The van der Waals surface area contributed by atoms with Crippen molar-refractivity contribution in [1.29, 1.82) is 0 Å². The molecule has 2 heterocycles. The zero-order chi connectivity index (χ0) is 26.4. The van der Waals surface area contributed by atoms with Gasteiger partial charge < -0.3 is 29.4 Å². The van der Waals surface area contributed by atoms with Crippen molar-refractivity contribution in [3.8, 4) is 0 Å². The molecule has 0 aliphatic carbocycles. The van der Waals surface area contributed by atoms with Crippen molar-refractivity contribution in [2.75, 3.05) is 6.54 Å². The molecule has 2 amide bonds. The van der Waals surface area contributed by atoms with Crippen LogP contribution >= 0.6 is 0 Å². The van der Waals surface area contributed by atoms with Crippen LogP contribution in [0.2, 0.25) is 0 Å². The summed E-state index contributed by atoms with van der Waals surface area (Å²) < 4.78 is 23.2. The average Bonchev–Trinajstić information content (AvgIpc) is 3.36. The minimum Gasteiger partial charge on any atom is -0.445 e. The van der Waals surface area contributed by atoms with E-state index in [1.807, 2.05) is 60.7 Å². The van der Waals surface area contributed by atoms with Crippen LogP contribution in [0.25, 0.3) is 0 Å². The van der Waals surface area contributed by atoms with Crippen LogP contribution in [0, 0.1) is 0 Å². The zero-order valence-corrected chi connectivity index (χ0v) is 21.1. The van der Waals surface area contributed by atoms with Gasteiger partial charge in [-0.15, -0.1) is 6.58 Å². The highest BCUT2D eigenvalue weighted by atomic mass is 16.8. The summed E-state index contributed by atoms with van der Waals surface area (Å²) in [5, 5.41) is 13.7. The Balaban J connectivity index is 1.50. The fourth-order valence-corrected chi connectivity index (χ4v) is 4.86. The molecule has 0 spiro atoms. The second-order valence-electron chi connectivity index (χ2n) is 9.60. The van der Waals surface area contributed by atoms with E-state index in [1.165, 1.54) is 4.90 Å². The molecule has 37 heavy (non-hydrogen) atoms. The minimum atomic E-state index is -0.971. The molecule has 4 rings (SSSR count). The second kappa shape index (κ2) is 11.8. The highest BCUT2D eigenvalue weighted by Gasteiger charge is 2.61. The molecule has 5 atom stereocenters. The molecule has 2 aliphatic heterocycles. The fourth-order valence-electron chi connectivity index (χ4n) is 4.86. The molecule has 2 saturated heterocycles. The van der Waals surface area contributed by atoms with Gasteiger partial charge in [0.2, 0.25) is 0 Å². The Kier molecular flexibility index (Phi) is 8.48. The van der Waals surface area contributed by atoms with E-state index in [9.17, 15) is 14.7 Å². The van der Waals surface area contributed by atoms with Crippen molar-refractivity contribution in [2.45, 2.75) is 69.7 Å². The van der Waals surface area contributed by atoms with Crippen molar-refractivity contribution in [3.63, 3.8) is 0 Å². The van der Waals surface area contributed by atoms with Crippen LogP contribution in [0.3, 0.4) is 0 Å². The molecule has 2 aromatic rings. The topological polar surface area (TPSA) is 107 Å². The lowest BCUT2D eigenvalue weighted by molar-refractivity contribution is -0.170. The molecule has 9 heteroatoms. The summed E-state index contributed by atoms with van der Waals surface area (Å²) in [6.07, 6.45) is -1.64. The van der Waals surface area contributed by atoms with E-state index >= 15 is 0 Å². The molecule has 2 aliphatic rings. The van der Waals surface area contributed by atoms with E-state index in [-0.39, 0.29) is 26.2 Å². The maximum absolute atomic E-state index is 13.4. The van der Waals surface area contributed by atoms with Crippen LogP contribution in [0.4, 0.5) is 9.59 Å². The lowest BCUT2D eigenvalue weighted by atomic mass is 10.0. The molecule has 198 valence electrons. The predicted molar refractivity (Wildman–Crippen MR) is 135 cm³/mol. The normalized spacial score (nSPS) is 24.7. The van der Waals surface area contributed by atoms with Gasteiger partial charge in [-0.05, 0) is 31.4 Å². The minimum absolute atomic E-state index is 0.0198. The fraction of sp³-hybridized carbons (Fsp3) is 0.429. The van der Waals surface area contributed by atoms with E-state index in [4.69, 9.17) is 18.9 Å². The van der Waals surface area contributed by atoms with Crippen LogP contribution in [0.15, 0.2) is 73.3 Å². The van der Waals surface area contributed by atoms with Gasteiger partial charge in [-0.3, -0.25) is 4.90 Å². The Bertz CT molecular complexity index is 1060. The van der Waals surface area contributed by atoms with Crippen molar-refractivity contribution in [2.24, 2.45) is 0 Å². The third-order valence-electron chi connectivity index (χ3n) is 6.44. The van der Waals surface area contributed by atoms with Crippen LogP contribution in [-0.4, -0.2) is 64.9 Å². The molecule has 2 fully saturated rings. The third kappa shape index (κ3) is 6.49. The quantitative estimate of drug-likeness (QED) is 0.495. The van der Waals surface area contributed by atoms with Crippen molar-refractivity contribution in [3.05, 3.63) is 84.4 Å². The lowest BCUT2D eigenvalue weighted by Crippen LogP contribution is -2.54. The van der Waals surface area contributed by atoms with Gasteiger partial charge >= 0.3 is 12.2 Å². The second-order valence-corrected chi connectivity index (χ2v) is 9.60. The van der Waals surface area contributed by atoms with Gasteiger partial charge in [0, 0.05) is 6.54 Å². The van der Waals surface area contributed by atoms with Gasteiger partial charge in [0.05, 0.1) is 18.2 Å². The number of aliphatic hydroxyl groups excluding tert-OH is 1. The summed E-state index contributed by atoms with van der Waals surface area (Å²) in [5.74, 6) is -0.923. The summed E-state index contributed by atoms with van der Waals surface area (Å²) in [6, 6.07) is 17.2. The van der Waals surface area contributed by atoms with Gasteiger partial charge in [-0.2, -0.15) is 0 Å². The van der Waals surface area contributed by atoms with Crippen molar-refractivity contribution in [1.82, 2.24) is 10.2 Å². The molecule has 2 aromatic carbocycles. The third-order valence-corrected chi connectivity index (χ3v) is 6.44. The summed E-state index contributed by atoms with van der Waals surface area (Å²) in [6.45, 7) is 7.46. The Hall–Kier alpha value is -3.40. The zero-order valence-electron chi connectivity index (χ0n) is 21.1. The Morgan fingerprint density at radius 2 is 1.59 bits per heavy atom. The van der Waals surface area contributed by atoms with Gasteiger partial charge in [-0.25, -0.2) is 9.59 Å². The van der Waals surface area contributed by atoms with E-state index in [0.29, 0.717) is 0 Å². The number of hydrogen-bond acceptors (Lipinski definition) is 7. The summed E-state index contributed by atoms with van der Waals surface area (Å²) in [4.78, 5) is 27.3. The van der Waals surface area contributed by atoms with Gasteiger partial charge in [-0.1, -0.05) is 66.7 Å². The molecule has 2 N–H and O–H groups in total. The number of nitrogens with one attached hydrogen (secondary N) is 1. The van der Waals surface area contributed by atoms with E-state index < -0.39 is 48.4 Å². The number of carbonyl (C=O) groups excluding carboxylic acids is 2. The molecule has 0 aromatic heterocycles. The van der Waals surface area contributed by atoms with Gasteiger partial charge in [0.25, 0.3) is 0 Å². The standard InChI is InChI=1S/C28H34N2O7/c1-4-11-22(31)23-25-24(36-28(2,3)37-25)21(16-29-26(32)34-17-19-12-7-5-8-13-19)30(23)27(33)35-18-20-14-9-6-10-15-20/h4-10,12-15,21-25,31H,1,11,16-18H2,2-3H3,(H,29,32)/t21-,22-,23-,24-,25+/m1/s1. The molecule has 0 unspecified atom stereocenters. The molecular formula is C28H34N2O7. The van der Waals surface area contributed by atoms with Crippen LogP contribution in [-0.2, 0) is 32.2 Å². The lowest BCUT2D eigenvalue weighted by Gasteiger charge is -2.35. The number of hydrogen-bond donors (Lipinski definition) is 2. The first kappa shape index (κ1) is 26.7. The van der Waals surface area contributed by atoms with Crippen LogP contribution < -0.4 is 5.32 Å². The number of amides is 2. The summed E-state index contributed by atoms with van der Waals surface area (Å²) in [7, 11) is 0. The molecule has 0 bridgehead atoms. The van der Waals surface area contributed by atoms with E-state index in [0.717, 1.165) is 11.1 Å². The van der Waals surface area contributed by atoms with Crippen molar-refractivity contribution >= 4 is 12.2 Å². The highest BCUT2D eigenvalue weighted by molar-refractivity contribution is 5.71. The Morgan fingerprint density at radius 3 is 2.19 bits per heavy atom. The Morgan fingerprint density at radius 1 is 1.03 bits per heavy atom. The maximum atomic E-state index is 13.4. The number of rotatable bonds is 9. The number of fused-ring (bicyclic) bond motifs is 1. The predicted octanol–water partition coefficient (Wildman–Crippen LogP) is 3.76. The first-order valence-electron chi connectivity index (χ1n) is 12.4. The molecular weight excluding hydrogens is 476 g/mol. The van der Waals surface area contributed by atoms with Gasteiger partial charge in [0.15, 0.2) is 5.79 Å². The Labute approximate surface area is 217 Å². The number of nitrogens with zero attached hydrogens (tertiary/aromatic N) is 1. The average molecular weight is 511 g/mol. The number of likely N-dealkylation sites (tertiary alicyclic amines) is 1. The van der Waals surface area contributed by atoms with E-state index in [2.05, 4.69) is 11.9 Å². The maximum Gasteiger partial charge on any atom is 0.410 e. The molecule has 0 radical (unpaired) electrons. The first-order chi connectivity index (χ1) is 17.8. The molecule has 9 nitrogen and oxygen atoms in total. The smallest absolute Gasteiger partial charge is 0.410 e. The number of alkyl carbamates (subject to hydrolysis) is 1. The number of ether oxygens (including phenoxy) is 4. The van der Waals surface area contributed by atoms with E-state index in [1.54, 1.807) is 19.9 Å². The number of carbonyl (C=O) groups is 2. The molecule has 0 saturated carbocycles. The largest absolute Gasteiger partial charge is 0.445 e. The number of aliphatic hydroxyl groups is 1. The summed E-state index contributed by atoms with van der Waals surface area (Å²) in [5.41, 5.74) is 1.68.